The average molecular weight is 480 g/mol. The minimum absolute atomic E-state index is 0.0623. The first-order valence-corrected chi connectivity index (χ1v) is 10.2. The summed E-state index contributed by atoms with van der Waals surface area (Å²) < 4.78 is 5.92. The molecule has 0 spiro atoms. The minimum Gasteiger partial charge on any atom is -0.455 e. The SMILES string of the molecule is Cc1cccc(C)c1N1C[C@H](C(=O)OCC(=O)Nc2ccc(Br)cc2Cl)CC1=O. The predicted molar refractivity (Wildman–Crippen MR) is 115 cm³/mol. The van der Waals surface area contributed by atoms with Gasteiger partial charge in [-0.25, -0.2) is 0 Å². The normalized spacial score (nSPS) is 16.1. The second kappa shape index (κ2) is 8.97. The lowest BCUT2D eigenvalue weighted by molar-refractivity contribution is -0.151. The maximum absolute atomic E-state index is 12.5. The van der Waals surface area contributed by atoms with Crippen LogP contribution in [0, 0.1) is 19.8 Å². The molecule has 0 radical (unpaired) electrons. The lowest BCUT2D eigenvalue weighted by Gasteiger charge is -2.21. The molecule has 2 aromatic rings. The summed E-state index contributed by atoms with van der Waals surface area (Å²) in [4.78, 5) is 38.5. The smallest absolute Gasteiger partial charge is 0.311 e. The minimum atomic E-state index is -0.606. The molecular weight excluding hydrogens is 460 g/mol. The number of rotatable bonds is 5. The summed E-state index contributed by atoms with van der Waals surface area (Å²) in [6.07, 6.45) is 0.0623. The van der Waals surface area contributed by atoms with Gasteiger partial charge in [0, 0.05) is 23.1 Å². The van der Waals surface area contributed by atoms with Gasteiger partial charge in [0.25, 0.3) is 5.91 Å². The number of hydrogen-bond acceptors (Lipinski definition) is 4. The molecule has 29 heavy (non-hydrogen) atoms. The van der Waals surface area contributed by atoms with Gasteiger partial charge in [0.2, 0.25) is 5.91 Å². The van der Waals surface area contributed by atoms with Gasteiger partial charge in [0.1, 0.15) is 0 Å². The lowest BCUT2D eigenvalue weighted by Crippen LogP contribution is -2.29. The molecule has 0 bridgehead atoms. The van der Waals surface area contributed by atoms with Gasteiger partial charge in [-0.05, 0) is 43.2 Å². The van der Waals surface area contributed by atoms with E-state index in [0.29, 0.717) is 10.7 Å². The van der Waals surface area contributed by atoms with Gasteiger partial charge < -0.3 is 15.0 Å². The molecule has 1 N–H and O–H groups in total. The Labute approximate surface area is 182 Å². The molecule has 1 fully saturated rings. The number of ether oxygens (including phenoxy) is 1. The summed E-state index contributed by atoms with van der Waals surface area (Å²) in [5.74, 6) is -1.80. The molecular formula is C21H20BrClN2O4. The number of amides is 2. The topological polar surface area (TPSA) is 75.7 Å². The van der Waals surface area contributed by atoms with Crippen molar-refractivity contribution in [2.75, 3.05) is 23.4 Å². The zero-order chi connectivity index (χ0) is 21.1. The largest absolute Gasteiger partial charge is 0.455 e. The van der Waals surface area contributed by atoms with Crippen LogP contribution in [-0.4, -0.2) is 30.9 Å². The molecule has 1 aliphatic heterocycles. The Morgan fingerprint density at radius 3 is 2.59 bits per heavy atom. The number of nitrogens with zero attached hydrogens (tertiary/aromatic N) is 1. The fraction of sp³-hybridized carbons (Fsp3) is 0.286. The van der Waals surface area contributed by atoms with Crippen LogP contribution in [0.4, 0.5) is 11.4 Å². The van der Waals surface area contributed by atoms with E-state index in [1.807, 2.05) is 32.0 Å². The first kappa shape index (κ1) is 21.3. The highest BCUT2D eigenvalue weighted by Crippen LogP contribution is 2.31. The number of aryl methyl sites for hydroxylation is 2. The van der Waals surface area contributed by atoms with Crippen molar-refractivity contribution in [1.29, 1.82) is 0 Å². The fourth-order valence-corrected chi connectivity index (χ4v) is 4.07. The highest BCUT2D eigenvalue weighted by Gasteiger charge is 2.37. The molecule has 1 heterocycles. The number of carbonyl (C=O) groups excluding carboxylic acids is 3. The predicted octanol–water partition coefficient (Wildman–Crippen LogP) is 4.25. The van der Waals surface area contributed by atoms with Gasteiger partial charge >= 0.3 is 5.97 Å². The van der Waals surface area contributed by atoms with Crippen LogP contribution < -0.4 is 10.2 Å². The quantitative estimate of drug-likeness (QED) is 0.651. The number of para-hydroxylation sites is 1. The first-order valence-electron chi connectivity index (χ1n) is 9.04. The molecule has 2 amide bonds. The van der Waals surface area contributed by atoms with E-state index in [1.54, 1.807) is 23.1 Å². The molecule has 6 nitrogen and oxygen atoms in total. The van der Waals surface area contributed by atoms with E-state index in [1.165, 1.54) is 0 Å². The Morgan fingerprint density at radius 1 is 1.24 bits per heavy atom. The number of hydrogen-bond donors (Lipinski definition) is 1. The van der Waals surface area contributed by atoms with E-state index >= 15 is 0 Å². The molecule has 0 saturated carbocycles. The average Bonchev–Trinajstić information content (AvgIpc) is 3.03. The molecule has 8 heteroatoms. The van der Waals surface area contributed by atoms with Crippen LogP contribution in [-0.2, 0) is 19.1 Å². The van der Waals surface area contributed by atoms with Crippen LogP contribution in [0.3, 0.4) is 0 Å². The Kier molecular flexibility index (Phi) is 6.59. The first-order chi connectivity index (χ1) is 13.8. The number of carbonyl (C=O) groups is 3. The summed E-state index contributed by atoms with van der Waals surface area (Å²) >= 11 is 9.35. The summed E-state index contributed by atoms with van der Waals surface area (Å²) in [5, 5.41) is 2.96. The molecule has 3 rings (SSSR count). The van der Waals surface area contributed by atoms with E-state index < -0.39 is 24.4 Å². The second-order valence-corrected chi connectivity index (χ2v) is 8.25. The molecule has 0 aromatic heterocycles. The van der Waals surface area contributed by atoms with Gasteiger partial charge in [-0.3, -0.25) is 14.4 Å². The van der Waals surface area contributed by atoms with Crippen LogP contribution in [0.15, 0.2) is 40.9 Å². The molecule has 1 saturated heterocycles. The number of anilines is 2. The van der Waals surface area contributed by atoms with Gasteiger partial charge in [-0.2, -0.15) is 0 Å². The van der Waals surface area contributed by atoms with Crippen LogP contribution in [0.1, 0.15) is 17.5 Å². The van der Waals surface area contributed by atoms with Gasteiger partial charge in [0.15, 0.2) is 6.61 Å². The highest BCUT2D eigenvalue weighted by atomic mass is 79.9. The van der Waals surface area contributed by atoms with Gasteiger partial charge in [0.05, 0.1) is 16.6 Å². The standard InChI is InChI=1S/C21H20BrClN2O4/c1-12-4-3-5-13(2)20(12)25-10-14(8-19(25)27)21(28)29-11-18(26)24-17-7-6-15(22)9-16(17)23/h3-7,9,14H,8,10-11H2,1-2H3,(H,24,26)/t14-/m1/s1. The van der Waals surface area contributed by atoms with E-state index in [0.717, 1.165) is 21.3 Å². The summed E-state index contributed by atoms with van der Waals surface area (Å²) in [5.41, 5.74) is 3.19. The highest BCUT2D eigenvalue weighted by molar-refractivity contribution is 9.10. The van der Waals surface area contributed by atoms with Crippen molar-refractivity contribution >= 4 is 56.7 Å². The lowest BCUT2D eigenvalue weighted by atomic mass is 10.1. The summed E-state index contributed by atoms with van der Waals surface area (Å²) in [7, 11) is 0. The second-order valence-electron chi connectivity index (χ2n) is 6.93. The van der Waals surface area contributed by atoms with E-state index in [2.05, 4.69) is 21.2 Å². The molecule has 0 unspecified atom stereocenters. The van der Waals surface area contributed by atoms with E-state index in [9.17, 15) is 14.4 Å². The number of nitrogens with one attached hydrogen (secondary N) is 1. The molecule has 152 valence electrons. The number of esters is 1. The Hall–Kier alpha value is -2.38. The zero-order valence-corrected chi connectivity index (χ0v) is 18.3. The van der Waals surface area contributed by atoms with Crippen molar-refractivity contribution in [2.24, 2.45) is 5.92 Å². The molecule has 2 aromatic carbocycles. The summed E-state index contributed by atoms with van der Waals surface area (Å²) in [6, 6.07) is 10.8. The third kappa shape index (κ3) is 4.97. The van der Waals surface area contributed by atoms with E-state index in [-0.39, 0.29) is 18.9 Å². The van der Waals surface area contributed by atoms with Gasteiger partial charge in [-0.15, -0.1) is 0 Å². The van der Waals surface area contributed by atoms with Crippen LogP contribution >= 0.6 is 27.5 Å². The third-order valence-corrected chi connectivity index (χ3v) is 5.52. The van der Waals surface area contributed by atoms with E-state index in [4.69, 9.17) is 16.3 Å². The fourth-order valence-electron chi connectivity index (χ4n) is 3.34. The van der Waals surface area contributed by atoms with Gasteiger partial charge in [-0.1, -0.05) is 45.7 Å². The maximum atomic E-state index is 12.5. The Bertz CT molecular complexity index is 959. The van der Waals surface area contributed by atoms with Crippen LogP contribution in [0.25, 0.3) is 0 Å². The van der Waals surface area contributed by atoms with Crippen molar-refractivity contribution in [1.82, 2.24) is 0 Å². The van der Waals surface area contributed by atoms with Crippen LogP contribution in [0.5, 0.6) is 0 Å². The van der Waals surface area contributed by atoms with Crippen molar-refractivity contribution in [3.63, 3.8) is 0 Å². The van der Waals surface area contributed by atoms with Crippen LogP contribution in [0.2, 0.25) is 5.02 Å². The molecule has 1 aliphatic rings. The van der Waals surface area contributed by atoms with Crippen molar-refractivity contribution in [2.45, 2.75) is 20.3 Å². The van der Waals surface area contributed by atoms with Crippen molar-refractivity contribution < 1.29 is 19.1 Å². The molecule has 1 atom stereocenters. The Balaban J connectivity index is 1.57. The monoisotopic (exact) mass is 478 g/mol. The number of halogens is 2. The molecule has 0 aliphatic carbocycles. The maximum Gasteiger partial charge on any atom is 0.311 e. The van der Waals surface area contributed by atoms with Crippen molar-refractivity contribution in [3.05, 3.63) is 57.0 Å². The third-order valence-electron chi connectivity index (χ3n) is 4.72. The Morgan fingerprint density at radius 2 is 1.93 bits per heavy atom. The number of benzene rings is 2. The van der Waals surface area contributed by atoms with Crippen molar-refractivity contribution in [3.8, 4) is 0 Å². The zero-order valence-electron chi connectivity index (χ0n) is 16.0. The summed E-state index contributed by atoms with van der Waals surface area (Å²) in [6.45, 7) is 3.65.